The lowest BCUT2D eigenvalue weighted by atomic mass is 9.47. The van der Waals surface area contributed by atoms with Crippen LogP contribution in [0.2, 0.25) is 0 Å². The van der Waals surface area contributed by atoms with Gasteiger partial charge in [0.2, 0.25) is 0 Å². The zero-order chi connectivity index (χ0) is 25.5. The van der Waals surface area contributed by atoms with Crippen molar-refractivity contribution < 1.29 is 9.59 Å². The van der Waals surface area contributed by atoms with Crippen molar-refractivity contribution in [2.45, 2.75) is 79.1 Å². The molecule has 0 aliphatic heterocycles. The third-order valence-corrected chi connectivity index (χ3v) is 11.0. The van der Waals surface area contributed by atoms with Gasteiger partial charge in [0.1, 0.15) is 0 Å². The minimum absolute atomic E-state index is 0.0149. The van der Waals surface area contributed by atoms with Gasteiger partial charge in [0.15, 0.2) is 11.6 Å². The van der Waals surface area contributed by atoms with Gasteiger partial charge in [-0.1, -0.05) is 101 Å². The first-order valence-electron chi connectivity index (χ1n) is 14.4. The Kier molecular flexibility index (Phi) is 7.01. The standard InChI is InChI=1S/C34H44O2/c1-23-12-11-20-34(4)21-19-28-27(18-17-26(22-29(23)34)33(28,2)3)30(31(35)24-13-7-5-8-14-24)32(36)25-15-9-6-10-16-25/h5-10,13-16,23,26-30H,11-12,17-22H2,1-4H3/t23-,26+,27-,28+,29-,34+/m1/s1. The molecule has 3 saturated carbocycles. The van der Waals surface area contributed by atoms with Crippen molar-refractivity contribution in [1.82, 2.24) is 0 Å². The molecule has 36 heavy (non-hydrogen) atoms. The molecule has 2 bridgehead atoms. The van der Waals surface area contributed by atoms with Crippen molar-refractivity contribution in [2.75, 3.05) is 0 Å². The zero-order valence-corrected chi connectivity index (χ0v) is 22.7. The summed E-state index contributed by atoms with van der Waals surface area (Å²) in [5, 5.41) is 0. The Morgan fingerprint density at radius 3 is 1.92 bits per heavy atom. The summed E-state index contributed by atoms with van der Waals surface area (Å²) in [5.41, 5.74) is 1.87. The number of carbonyl (C=O) groups is 2. The molecule has 0 amide bonds. The Hall–Kier alpha value is -2.22. The number of Topliss-reactive ketones (excluding diaryl/α,β-unsaturated/α-hetero) is 2. The number of hydrogen-bond donors (Lipinski definition) is 0. The molecule has 0 aromatic heterocycles. The van der Waals surface area contributed by atoms with Crippen molar-refractivity contribution in [1.29, 1.82) is 0 Å². The molecule has 0 unspecified atom stereocenters. The molecule has 0 N–H and O–H groups in total. The van der Waals surface area contributed by atoms with E-state index in [9.17, 15) is 9.59 Å². The smallest absolute Gasteiger partial charge is 0.173 e. The topological polar surface area (TPSA) is 34.1 Å². The minimum Gasteiger partial charge on any atom is -0.293 e. The van der Waals surface area contributed by atoms with Gasteiger partial charge in [-0.05, 0) is 78.9 Å². The number of ketones is 2. The first-order valence-corrected chi connectivity index (χ1v) is 14.4. The summed E-state index contributed by atoms with van der Waals surface area (Å²) in [5.74, 6) is 2.19. The summed E-state index contributed by atoms with van der Waals surface area (Å²) < 4.78 is 0. The molecular weight excluding hydrogens is 440 g/mol. The predicted octanol–water partition coefficient (Wildman–Crippen LogP) is 8.66. The Morgan fingerprint density at radius 2 is 1.33 bits per heavy atom. The molecule has 2 aromatic carbocycles. The van der Waals surface area contributed by atoms with Gasteiger partial charge in [-0.3, -0.25) is 9.59 Å². The van der Waals surface area contributed by atoms with Crippen LogP contribution >= 0.6 is 0 Å². The Balaban J connectivity index is 1.53. The van der Waals surface area contributed by atoms with Gasteiger partial charge in [-0.2, -0.15) is 0 Å². The predicted molar refractivity (Wildman–Crippen MR) is 147 cm³/mol. The van der Waals surface area contributed by atoms with Crippen molar-refractivity contribution >= 4 is 11.6 Å². The van der Waals surface area contributed by atoms with Crippen molar-refractivity contribution in [2.24, 2.45) is 46.3 Å². The van der Waals surface area contributed by atoms with Gasteiger partial charge < -0.3 is 0 Å². The van der Waals surface area contributed by atoms with Crippen LogP contribution < -0.4 is 0 Å². The maximum Gasteiger partial charge on any atom is 0.173 e. The molecule has 6 atom stereocenters. The van der Waals surface area contributed by atoms with E-state index in [1.54, 1.807) is 0 Å². The summed E-state index contributed by atoms with van der Waals surface area (Å²) in [6, 6.07) is 19.1. The summed E-state index contributed by atoms with van der Waals surface area (Å²) in [4.78, 5) is 28.2. The second kappa shape index (κ2) is 9.92. The average Bonchev–Trinajstić information content (AvgIpc) is 2.87. The quantitative estimate of drug-likeness (QED) is 0.314. The van der Waals surface area contributed by atoms with E-state index in [4.69, 9.17) is 0 Å². The van der Waals surface area contributed by atoms with E-state index in [1.807, 2.05) is 60.7 Å². The maximum absolute atomic E-state index is 14.1. The molecule has 3 fully saturated rings. The average molecular weight is 485 g/mol. The molecule has 2 aromatic rings. The lowest BCUT2D eigenvalue weighted by Crippen LogP contribution is -2.51. The molecule has 3 aliphatic carbocycles. The minimum atomic E-state index is -0.603. The molecule has 2 heteroatoms. The van der Waals surface area contributed by atoms with E-state index >= 15 is 0 Å². The molecule has 0 spiro atoms. The van der Waals surface area contributed by atoms with E-state index in [2.05, 4.69) is 27.7 Å². The second-order valence-corrected chi connectivity index (χ2v) is 13.2. The van der Waals surface area contributed by atoms with Crippen molar-refractivity contribution in [3.8, 4) is 0 Å². The van der Waals surface area contributed by atoms with Crippen molar-refractivity contribution in [3.63, 3.8) is 0 Å². The number of rotatable bonds is 5. The number of hydrogen-bond acceptors (Lipinski definition) is 2. The van der Waals surface area contributed by atoms with Gasteiger partial charge in [0.25, 0.3) is 0 Å². The lowest BCUT2D eigenvalue weighted by Gasteiger charge is -2.58. The van der Waals surface area contributed by atoms with E-state index in [0.717, 1.165) is 31.1 Å². The van der Waals surface area contributed by atoms with Crippen LogP contribution in [0.3, 0.4) is 0 Å². The van der Waals surface area contributed by atoms with Gasteiger partial charge in [0.05, 0.1) is 5.92 Å². The summed E-state index contributed by atoms with van der Waals surface area (Å²) in [6.07, 6.45) is 9.85. The third-order valence-electron chi connectivity index (χ3n) is 11.0. The zero-order valence-electron chi connectivity index (χ0n) is 22.7. The van der Waals surface area contributed by atoms with E-state index < -0.39 is 5.92 Å². The third kappa shape index (κ3) is 4.50. The van der Waals surface area contributed by atoms with Gasteiger partial charge in [0, 0.05) is 11.1 Å². The molecule has 5 rings (SSSR count). The van der Waals surface area contributed by atoms with Crippen LogP contribution in [0.1, 0.15) is 99.8 Å². The van der Waals surface area contributed by atoms with Crippen LogP contribution in [-0.4, -0.2) is 11.6 Å². The fourth-order valence-electron chi connectivity index (χ4n) is 8.82. The molecular formula is C34H44O2. The number of carbonyl (C=O) groups excluding carboxylic acids is 2. The Morgan fingerprint density at radius 1 is 0.750 bits per heavy atom. The van der Waals surface area contributed by atoms with Gasteiger partial charge >= 0.3 is 0 Å². The first-order chi connectivity index (χ1) is 17.2. The molecule has 3 aliphatic rings. The van der Waals surface area contributed by atoms with Gasteiger partial charge in [-0.25, -0.2) is 0 Å². The van der Waals surface area contributed by atoms with E-state index in [-0.39, 0.29) is 22.9 Å². The molecule has 0 radical (unpaired) electrons. The fraction of sp³-hybridized carbons (Fsp3) is 0.588. The summed E-state index contributed by atoms with van der Waals surface area (Å²) in [6.45, 7) is 9.97. The number of fused-ring (bicyclic) bond motifs is 3. The highest BCUT2D eigenvalue weighted by atomic mass is 16.2. The van der Waals surface area contributed by atoms with Gasteiger partial charge in [-0.15, -0.1) is 0 Å². The monoisotopic (exact) mass is 484 g/mol. The normalized spacial score (nSPS) is 33.8. The first kappa shape index (κ1) is 25.4. The van der Waals surface area contributed by atoms with Crippen molar-refractivity contribution in [3.05, 3.63) is 71.8 Å². The molecule has 0 saturated heterocycles. The molecule has 192 valence electrons. The largest absolute Gasteiger partial charge is 0.293 e. The maximum atomic E-state index is 14.1. The van der Waals surface area contributed by atoms with Crippen LogP contribution in [0.5, 0.6) is 0 Å². The Labute approximate surface area is 218 Å². The molecule has 0 heterocycles. The number of benzene rings is 2. The fourth-order valence-corrected chi connectivity index (χ4v) is 8.82. The summed E-state index contributed by atoms with van der Waals surface area (Å²) >= 11 is 0. The highest BCUT2D eigenvalue weighted by molar-refractivity contribution is 6.16. The van der Waals surface area contributed by atoms with Crippen LogP contribution in [0.15, 0.2) is 60.7 Å². The van der Waals surface area contributed by atoms with E-state index in [0.29, 0.717) is 28.4 Å². The highest BCUT2D eigenvalue weighted by Gasteiger charge is 2.54. The Bertz CT molecular complexity index is 1020. The second-order valence-electron chi connectivity index (χ2n) is 13.2. The van der Waals surface area contributed by atoms with Crippen LogP contribution in [0.25, 0.3) is 0 Å². The van der Waals surface area contributed by atoms with Crippen LogP contribution in [0, 0.1) is 46.3 Å². The summed E-state index contributed by atoms with van der Waals surface area (Å²) in [7, 11) is 0. The SMILES string of the molecule is C[C@@H]1CCC[C@@]2(C)CC[C@H]3[C@H](C(C(=O)c4ccccc4)C(=O)c4ccccc4)CC[C@@H](C[C@H]12)C3(C)C. The highest BCUT2D eigenvalue weighted by Crippen LogP contribution is 2.61. The van der Waals surface area contributed by atoms with Crippen LogP contribution in [0.4, 0.5) is 0 Å². The van der Waals surface area contributed by atoms with E-state index in [1.165, 1.54) is 32.1 Å². The molecule has 2 nitrogen and oxygen atoms in total. The van der Waals surface area contributed by atoms with Crippen LogP contribution in [-0.2, 0) is 0 Å². The lowest BCUT2D eigenvalue weighted by molar-refractivity contribution is -0.0780.